The van der Waals surface area contributed by atoms with E-state index in [9.17, 15) is 5.11 Å². The van der Waals surface area contributed by atoms with E-state index in [1.165, 1.54) is 0 Å². The molecule has 1 heterocycles. The Kier molecular flexibility index (Phi) is 3.44. The highest BCUT2D eigenvalue weighted by Crippen LogP contribution is 2.27. The summed E-state index contributed by atoms with van der Waals surface area (Å²) in [5.41, 5.74) is 7.90. The fourth-order valence-electron chi connectivity index (χ4n) is 2.01. The molecule has 0 saturated heterocycles. The van der Waals surface area contributed by atoms with Crippen LogP contribution in [0.2, 0.25) is 0 Å². The summed E-state index contributed by atoms with van der Waals surface area (Å²) in [6.45, 7) is 5.50. The van der Waals surface area contributed by atoms with Crippen LogP contribution in [0.15, 0.2) is 36.4 Å². The number of nitrogen functional groups attached to an aromatic ring is 1. The van der Waals surface area contributed by atoms with Crippen LogP contribution >= 0.6 is 0 Å². The molecule has 1 atom stereocenters. The topological polar surface area (TPSA) is 71.2 Å². The van der Waals surface area contributed by atoms with Crippen LogP contribution in [0.1, 0.15) is 23.7 Å². The Labute approximate surface area is 113 Å². The maximum atomic E-state index is 10.5. The van der Waals surface area contributed by atoms with Crippen molar-refractivity contribution in [3.63, 3.8) is 0 Å². The van der Waals surface area contributed by atoms with Crippen molar-refractivity contribution < 1.29 is 5.11 Å². The van der Waals surface area contributed by atoms with Crippen molar-refractivity contribution in [2.75, 3.05) is 11.1 Å². The van der Waals surface area contributed by atoms with Gasteiger partial charge in [-0.2, -0.15) is 0 Å². The number of aromatic nitrogens is 1. The predicted molar refractivity (Wildman–Crippen MR) is 77.8 cm³/mol. The van der Waals surface area contributed by atoms with Gasteiger partial charge in [-0.1, -0.05) is 30.3 Å². The van der Waals surface area contributed by atoms with E-state index < -0.39 is 5.72 Å². The number of aliphatic hydroxyl groups is 1. The molecule has 100 valence electrons. The van der Waals surface area contributed by atoms with E-state index in [4.69, 9.17) is 5.73 Å². The van der Waals surface area contributed by atoms with Crippen LogP contribution in [0, 0.1) is 13.8 Å². The minimum Gasteiger partial charge on any atom is -0.396 e. The number of rotatable bonds is 3. The largest absolute Gasteiger partial charge is 0.396 e. The summed E-state index contributed by atoms with van der Waals surface area (Å²) in [7, 11) is 0. The molecule has 0 amide bonds. The van der Waals surface area contributed by atoms with Crippen LogP contribution in [0.5, 0.6) is 0 Å². The molecular formula is C15H19N3O. The molecule has 2 aromatic rings. The Morgan fingerprint density at radius 2 is 1.84 bits per heavy atom. The average molecular weight is 257 g/mol. The maximum absolute atomic E-state index is 10.5. The van der Waals surface area contributed by atoms with E-state index in [0.29, 0.717) is 11.5 Å². The van der Waals surface area contributed by atoms with Gasteiger partial charge in [0.1, 0.15) is 0 Å². The van der Waals surface area contributed by atoms with Crippen molar-refractivity contribution in [2.45, 2.75) is 26.5 Å². The molecule has 0 bridgehead atoms. The highest BCUT2D eigenvalue weighted by Gasteiger charge is 2.24. The molecule has 2 rings (SSSR count). The van der Waals surface area contributed by atoms with E-state index in [-0.39, 0.29) is 0 Å². The molecular weight excluding hydrogens is 238 g/mol. The number of nitrogens with one attached hydrogen (secondary N) is 1. The van der Waals surface area contributed by atoms with Crippen LogP contribution in [-0.4, -0.2) is 10.1 Å². The van der Waals surface area contributed by atoms with Crippen molar-refractivity contribution >= 4 is 11.5 Å². The quantitative estimate of drug-likeness (QED) is 0.739. The third-order valence-electron chi connectivity index (χ3n) is 3.09. The van der Waals surface area contributed by atoms with Gasteiger partial charge in [0.25, 0.3) is 0 Å². The fraction of sp³-hybridized carbons (Fsp3) is 0.267. The number of hydrogen-bond donors (Lipinski definition) is 3. The minimum absolute atomic E-state index is 0.506. The zero-order valence-electron chi connectivity index (χ0n) is 11.4. The van der Waals surface area contributed by atoms with E-state index >= 15 is 0 Å². The maximum Gasteiger partial charge on any atom is 0.160 e. The first kappa shape index (κ1) is 13.4. The lowest BCUT2D eigenvalue weighted by Gasteiger charge is -2.27. The molecule has 0 spiro atoms. The van der Waals surface area contributed by atoms with E-state index in [1.54, 1.807) is 6.92 Å². The highest BCUT2D eigenvalue weighted by atomic mass is 16.3. The second-order valence-corrected chi connectivity index (χ2v) is 4.91. The summed E-state index contributed by atoms with van der Waals surface area (Å²) in [6.07, 6.45) is 0. The van der Waals surface area contributed by atoms with Gasteiger partial charge in [-0.3, -0.25) is 0 Å². The Morgan fingerprint density at radius 3 is 2.47 bits per heavy atom. The first-order valence-corrected chi connectivity index (χ1v) is 6.20. The van der Waals surface area contributed by atoms with Crippen LogP contribution in [-0.2, 0) is 5.72 Å². The van der Waals surface area contributed by atoms with Gasteiger partial charge in [0, 0.05) is 11.3 Å². The van der Waals surface area contributed by atoms with Gasteiger partial charge in [-0.15, -0.1) is 0 Å². The smallest absolute Gasteiger partial charge is 0.160 e. The molecule has 1 unspecified atom stereocenters. The van der Waals surface area contributed by atoms with Crippen LogP contribution in [0.3, 0.4) is 0 Å². The average Bonchev–Trinajstić information content (AvgIpc) is 2.36. The summed E-state index contributed by atoms with van der Waals surface area (Å²) in [4.78, 5) is 4.35. The first-order valence-electron chi connectivity index (χ1n) is 6.20. The summed E-state index contributed by atoms with van der Waals surface area (Å²) < 4.78 is 0. The molecule has 4 heteroatoms. The molecule has 19 heavy (non-hydrogen) atoms. The van der Waals surface area contributed by atoms with E-state index in [0.717, 1.165) is 16.8 Å². The van der Waals surface area contributed by atoms with Gasteiger partial charge in [0.05, 0.1) is 5.69 Å². The lowest BCUT2D eigenvalue weighted by atomic mass is 10.0. The van der Waals surface area contributed by atoms with E-state index in [2.05, 4.69) is 10.3 Å². The van der Waals surface area contributed by atoms with Gasteiger partial charge in [0.15, 0.2) is 11.5 Å². The zero-order chi connectivity index (χ0) is 14.0. The number of anilines is 2. The number of aryl methyl sites for hydroxylation is 2. The van der Waals surface area contributed by atoms with Gasteiger partial charge in [-0.05, 0) is 32.4 Å². The molecule has 4 N–H and O–H groups in total. The molecule has 0 aliphatic carbocycles. The van der Waals surface area contributed by atoms with Crippen LogP contribution < -0.4 is 11.1 Å². The summed E-state index contributed by atoms with van der Waals surface area (Å²) in [5, 5.41) is 13.5. The molecule has 0 fully saturated rings. The van der Waals surface area contributed by atoms with Crippen molar-refractivity contribution in [2.24, 2.45) is 0 Å². The lowest BCUT2D eigenvalue weighted by molar-refractivity contribution is 0.0884. The number of pyridine rings is 1. The van der Waals surface area contributed by atoms with Crippen LogP contribution in [0.25, 0.3) is 0 Å². The lowest BCUT2D eigenvalue weighted by Crippen LogP contribution is -2.32. The number of hydrogen-bond acceptors (Lipinski definition) is 4. The summed E-state index contributed by atoms with van der Waals surface area (Å²) in [6, 6.07) is 11.3. The molecule has 0 radical (unpaired) electrons. The SMILES string of the molecule is Cc1cc(C)c(N)c(NC(C)(O)c2ccccc2)n1. The molecule has 4 nitrogen and oxygen atoms in total. The molecule has 0 aliphatic heterocycles. The Morgan fingerprint density at radius 1 is 1.21 bits per heavy atom. The van der Waals surface area contributed by atoms with Crippen molar-refractivity contribution in [3.8, 4) is 0 Å². The number of benzene rings is 1. The Bertz CT molecular complexity index is 579. The third-order valence-corrected chi connectivity index (χ3v) is 3.09. The number of nitrogens with zero attached hydrogens (tertiary/aromatic N) is 1. The fourth-order valence-corrected chi connectivity index (χ4v) is 2.01. The third kappa shape index (κ3) is 2.85. The normalized spacial score (nSPS) is 13.9. The predicted octanol–water partition coefficient (Wildman–Crippen LogP) is 2.56. The number of nitrogens with two attached hydrogens (primary N) is 1. The van der Waals surface area contributed by atoms with Gasteiger partial charge in [-0.25, -0.2) is 4.98 Å². The standard InChI is InChI=1S/C15H19N3O/c1-10-9-11(2)17-14(13(10)16)18-15(3,19)12-7-5-4-6-8-12/h4-9,19H,16H2,1-3H3,(H,17,18). The first-order chi connectivity index (χ1) is 8.90. The Hall–Kier alpha value is -2.07. The Balaban J connectivity index is 2.36. The zero-order valence-corrected chi connectivity index (χ0v) is 11.4. The van der Waals surface area contributed by atoms with Gasteiger partial charge in [0.2, 0.25) is 0 Å². The molecule has 0 saturated carbocycles. The monoisotopic (exact) mass is 257 g/mol. The molecule has 1 aromatic heterocycles. The molecule has 0 aliphatic rings. The summed E-state index contributed by atoms with van der Waals surface area (Å²) >= 11 is 0. The summed E-state index contributed by atoms with van der Waals surface area (Å²) in [5.74, 6) is 0.506. The van der Waals surface area contributed by atoms with E-state index in [1.807, 2.05) is 50.2 Å². The highest BCUT2D eigenvalue weighted by molar-refractivity contribution is 5.66. The minimum atomic E-state index is -1.22. The van der Waals surface area contributed by atoms with Crippen molar-refractivity contribution in [1.29, 1.82) is 0 Å². The van der Waals surface area contributed by atoms with Gasteiger partial charge < -0.3 is 16.2 Å². The van der Waals surface area contributed by atoms with Gasteiger partial charge >= 0.3 is 0 Å². The second-order valence-electron chi connectivity index (χ2n) is 4.91. The van der Waals surface area contributed by atoms with Crippen molar-refractivity contribution in [1.82, 2.24) is 4.98 Å². The van der Waals surface area contributed by atoms with Crippen LogP contribution in [0.4, 0.5) is 11.5 Å². The van der Waals surface area contributed by atoms with Crippen molar-refractivity contribution in [3.05, 3.63) is 53.2 Å². The molecule has 1 aromatic carbocycles. The second kappa shape index (κ2) is 4.90.